The third-order valence-corrected chi connectivity index (χ3v) is 5.74. The Bertz CT molecular complexity index is 1200. The molecule has 0 saturated carbocycles. The van der Waals surface area contributed by atoms with Crippen LogP contribution >= 0.6 is 0 Å². The molecule has 1 aliphatic rings. The molecule has 0 unspecified atom stereocenters. The summed E-state index contributed by atoms with van der Waals surface area (Å²) in [5.41, 5.74) is 2.49. The standard InChI is InChI=1S/C24H26N2O5/c1-14-17(11-20(27)26-13-15-6-9-25-10-7-15)23(28)30-22-16-5-8-24(2,3)31-18(16)12-19(29-4)21(14)22/h6-7,9-10,12H,5,8,11,13H2,1-4H3,(H,26,27). The first kappa shape index (κ1) is 20.9. The lowest BCUT2D eigenvalue weighted by Gasteiger charge is -2.33. The summed E-state index contributed by atoms with van der Waals surface area (Å²) < 4.78 is 17.4. The van der Waals surface area contributed by atoms with E-state index in [1.165, 1.54) is 0 Å². The molecule has 7 heteroatoms. The van der Waals surface area contributed by atoms with Crippen LogP contribution in [-0.4, -0.2) is 23.6 Å². The predicted molar refractivity (Wildman–Crippen MR) is 117 cm³/mol. The number of fused-ring (bicyclic) bond motifs is 3. The maximum atomic E-state index is 12.8. The quantitative estimate of drug-likeness (QED) is 0.633. The number of amides is 1. The lowest BCUT2D eigenvalue weighted by molar-refractivity contribution is -0.120. The van der Waals surface area contributed by atoms with Crippen LogP contribution in [0.2, 0.25) is 0 Å². The van der Waals surface area contributed by atoms with Gasteiger partial charge in [0.15, 0.2) is 0 Å². The second-order valence-electron chi connectivity index (χ2n) is 8.42. The molecule has 3 heterocycles. The molecular formula is C24H26N2O5. The SMILES string of the molecule is COc1cc2c(c3oc(=O)c(CC(=O)NCc4ccncc4)c(C)c13)CCC(C)(C)O2. The molecule has 0 saturated heterocycles. The summed E-state index contributed by atoms with van der Waals surface area (Å²) in [5, 5.41) is 3.55. The van der Waals surface area contributed by atoms with Gasteiger partial charge in [-0.25, -0.2) is 4.79 Å². The summed E-state index contributed by atoms with van der Waals surface area (Å²) in [5.74, 6) is 0.978. The monoisotopic (exact) mass is 422 g/mol. The van der Waals surface area contributed by atoms with Gasteiger partial charge in [0.25, 0.3) is 0 Å². The van der Waals surface area contributed by atoms with Gasteiger partial charge in [-0.2, -0.15) is 0 Å². The van der Waals surface area contributed by atoms with Gasteiger partial charge in [0, 0.05) is 30.6 Å². The first-order valence-electron chi connectivity index (χ1n) is 10.3. The van der Waals surface area contributed by atoms with Crippen molar-refractivity contribution in [2.75, 3.05) is 7.11 Å². The summed E-state index contributed by atoms with van der Waals surface area (Å²) in [6.07, 6.45) is 4.81. The van der Waals surface area contributed by atoms with Crippen LogP contribution < -0.4 is 20.4 Å². The fraction of sp³-hybridized carbons (Fsp3) is 0.375. The van der Waals surface area contributed by atoms with E-state index in [1.54, 1.807) is 19.5 Å². The van der Waals surface area contributed by atoms with Crippen molar-refractivity contribution in [3.8, 4) is 11.5 Å². The minimum absolute atomic E-state index is 0.0705. The average molecular weight is 422 g/mol. The number of hydrogen-bond donors (Lipinski definition) is 1. The number of carbonyl (C=O) groups is 1. The number of carbonyl (C=O) groups excluding carboxylic acids is 1. The van der Waals surface area contributed by atoms with Crippen LogP contribution in [0.1, 0.15) is 42.5 Å². The molecule has 0 aliphatic carbocycles. The zero-order chi connectivity index (χ0) is 22.2. The number of rotatable bonds is 5. The van der Waals surface area contributed by atoms with E-state index in [1.807, 2.05) is 39.0 Å². The Balaban J connectivity index is 1.69. The summed E-state index contributed by atoms with van der Waals surface area (Å²) in [6.45, 7) is 6.25. The number of benzene rings is 1. The van der Waals surface area contributed by atoms with Crippen molar-refractivity contribution >= 4 is 16.9 Å². The number of methoxy groups -OCH3 is 1. The number of aromatic nitrogens is 1. The predicted octanol–water partition coefficient (Wildman–Crippen LogP) is 3.47. The van der Waals surface area contributed by atoms with Gasteiger partial charge in [0.1, 0.15) is 22.7 Å². The Morgan fingerprint density at radius 1 is 1.29 bits per heavy atom. The molecule has 0 fully saturated rings. The Kier molecular flexibility index (Phi) is 5.43. The second-order valence-corrected chi connectivity index (χ2v) is 8.42. The van der Waals surface area contributed by atoms with Gasteiger partial charge in [0.05, 0.1) is 24.5 Å². The molecule has 0 radical (unpaired) electrons. The molecule has 0 bridgehead atoms. The summed E-state index contributed by atoms with van der Waals surface area (Å²) >= 11 is 0. The highest BCUT2D eigenvalue weighted by atomic mass is 16.5. The third kappa shape index (κ3) is 4.13. The molecule has 1 amide bonds. The smallest absolute Gasteiger partial charge is 0.340 e. The molecule has 162 valence electrons. The molecule has 1 aliphatic heterocycles. The van der Waals surface area contributed by atoms with Gasteiger partial charge in [-0.1, -0.05) is 0 Å². The van der Waals surface area contributed by atoms with E-state index in [0.717, 1.165) is 24.0 Å². The number of nitrogens with zero attached hydrogens (tertiary/aromatic N) is 1. The number of nitrogens with one attached hydrogen (secondary N) is 1. The maximum Gasteiger partial charge on any atom is 0.340 e. The fourth-order valence-electron chi connectivity index (χ4n) is 3.97. The van der Waals surface area contributed by atoms with Crippen molar-refractivity contribution in [2.24, 2.45) is 0 Å². The number of pyridine rings is 1. The highest BCUT2D eigenvalue weighted by Crippen LogP contribution is 2.43. The minimum atomic E-state index is -0.510. The summed E-state index contributed by atoms with van der Waals surface area (Å²) in [7, 11) is 1.57. The van der Waals surface area contributed by atoms with Crippen LogP contribution in [0.3, 0.4) is 0 Å². The van der Waals surface area contributed by atoms with E-state index in [2.05, 4.69) is 10.3 Å². The first-order chi connectivity index (χ1) is 14.8. The van der Waals surface area contributed by atoms with Crippen LogP contribution in [0, 0.1) is 6.92 Å². The topological polar surface area (TPSA) is 90.7 Å². The Morgan fingerprint density at radius 3 is 2.74 bits per heavy atom. The number of aryl methyl sites for hydroxylation is 2. The molecule has 31 heavy (non-hydrogen) atoms. The van der Waals surface area contributed by atoms with Gasteiger partial charge < -0.3 is 19.2 Å². The molecule has 2 aromatic heterocycles. The highest BCUT2D eigenvalue weighted by Gasteiger charge is 2.31. The molecule has 0 spiro atoms. The Hall–Kier alpha value is -3.35. The molecule has 7 nitrogen and oxygen atoms in total. The summed E-state index contributed by atoms with van der Waals surface area (Å²) in [4.78, 5) is 29.3. The molecule has 3 aromatic rings. The van der Waals surface area contributed by atoms with E-state index in [9.17, 15) is 9.59 Å². The van der Waals surface area contributed by atoms with Gasteiger partial charge in [-0.05, 0) is 56.9 Å². The molecule has 4 rings (SSSR count). The lowest BCUT2D eigenvalue weighted by atomic mass is 9.91. The normalized spacial score (nSPS) is 14.6. The van der Waals surface area contributed by atoms with Crippen molar-refractivity contribution in [1.29, 1.82) is 0 Å². The van der Waals surface area contributed by atoms with Crippen molar-refractivity contribution in [1.82, 2.24) is 10.3 Å². The number of ether oxygens (including phenoxy) is 2. The zero-order valence-corrected chi connectivity index (χ0v) is 18.2. The largest absolute Gasteiger partial charge is 0.496 e. The van der Waals surface area contributed by atoms with Crippen LogP contribution in [0.4, 0.5) is 0 Å². The zero-order valence-electron chi connectivity index (χ0n) is 18.2. The van der Waals surface area contributed by atoms with Gasteiger partial charge in [-0.3, -0.25) is 9.78 Å². The minimum Gasteiger partial charge on any atom is -0.496 e. The highest BCUT2D eigenvalue weighted by molar-refractivity contribution is 5.93. The molecule has 1 aromatic carbocycles. The fourth-order valence-corrected chi connectivity index (χ4v) is 3.97. The van der Waals surface area contributed by atoms with E-state index >= 15 is 0 Å². The van der Waals surface area contributed by atoms with E-state index in [0.29, 0.717) is 40.1 Å². The molecule has 1 N–H and O–H groups in total. The van der Waals surface area contributed by atoms with E-state index in [-0.39, 0.29) is 17.9 Å². The average Bonchev–Trinajstić information content (AvgIpc) is 2.74. The van der Waals surface area contributed by atoms with E-state index in [4.69, 9.17) is 13.9 Å². The van der Waals surface area contributed by atoms with Crippen LogP contribution in [0.15, 0.2) is 39.8 Å². The second kappa shape index (κ2) is 8.06. The van der Waals surface area contributed by atoms with Crippen molar-refractivity contribution < 1.29 is 18.7 Å². The van der Waals surface area contributed by atoms with Crippen LogP contribution in [0.5, 0.6) is 11.5 Å². The van der Waals surface area contributed by atoms with Crippen molar-refractivity contribution in [2.45, 2.75) is 52.2 Å². The Labute approximate surface area is 180 Å². The van der Waals surface area contributed by atoms with Gasteiger partial charge >= 0.3 is 5.63 Å². The van der Waals surface area contributed by atoms with Crippen LogP contribution in [-0.2, 0) is 24.2 Å². The van der Waals surface area contributed by atoms with E-state index < -0.39 is 5.63 Å². The Morgan fingerprint density at radius 2 is 2.03 bits per heavy atom. The van der Waals surface area contributed by atoms with Crippen LogP contribution in [0.25, 0.3) is 11.0 Å². The van der Waals surface area contributed by atoms with Gasteiger partial charge in [0.2, 0.25) is 5.91 Å². The lowest BCUT2D eigenvalue weighted by Crippen LogP contribution is -2.32. The van der Waals surface area contributed by atoms with Crippen molar-refractivity contribution in [3.63, 3.8) is 0 Å². The third-order valence-electron chi connectivity index (χ3n) is 5.74. The molecular weight excluding hydrogens is 396 g/mol. The summed E-state index contributed by atoms with van der Waals surface area (Å²) in [6, 6.07) is 5.50. The van der Waals surface area contributed by atoms with Crippen molar-refractivity contribution in [3.05, 3.63) is 63.3 Å². The molecule has 0 atom stereocenters. The van der Waals surface area contributed by atoms with Gasteiger partial charge in [-0.15, -0.1) is 0 Å². The first-order valence-corrected chi connectivity index (χ1v) is 10.3. The maximum absolute atomic E-state index is 12.8. The number of hydrogen-bond acceptors (Lipinski definition) is 6.